The molecule has 0 aliphatic carbocycles. The topological polar surface area (TPSA) is 48.1 Å². The van der Waals surface area contributed by atoms with Gasteiger partial charge in [-0.3, -0.25) is 0 Å². The molecule has 23 heavy (non-hydrogen) atoms. The van der Waals surface area contributed by atoms with E-state index in [1.54, 1.807) is 0 Å². The Labute approximate surface area is 142 Å². The molecule has 0 amide bonds. The predicted octanol–water partition coefficient (Wildman–Crippen LogP) is 2.13. The molecule has 0 aromatic heterocycles. The predicted molar refractivity (Wildman–Crippen MR) is 101 cm³/mol. The van der Waals surface area contributed by atoms with Crippen LogP contribution in [0.4, 0.5) is 0 Å². The summed E-state index contributed by atoms with van der Waals surface area (Å²) in [6.07, 6.45) is 4.94. The molecule has 0 fully saturated rings. The summed E-state index contributed by atoms with van der Waals surface area (Å²) in [5, 5.41) is 13.9. The van der Waals surface area contributed by atoms with Crippen molar-refractivity contribution in [2.24, 2.45) is 0 Å². The Kier molecular flexibility index (Phi) is 13.9. The standard InChI is InChI=1S/C19H36N4/c1-2-20-14-8-15-21-12-6-7-13-22-16-9-17-23-18-19-10-4-3-5-11-19/h3-5,10-11,20-23H,2,6-9,12-18H2,1H3. The van der Waals surface area contributed by atoms with Crippen LogP contribution in [0, 0.1) is 0 Å². The van der Waals surface area contributed by atoms with E-state index in [0.29, 0.717) is 0 Å². The normalized spacial score (nSPS) is 11.0. The van der Waals surface area contributed by atoms with Crippen LogP contribution in [0.3, 0.4) is 0 Å². The molecule has 0 spiro atoms. The maximum atomic E-state index is 3.53. The van der Waals surface area contributed by atoms with Gasteiger partial charge in [-0.15, -0.1) is 0 Å². The van der Waals surface area contributed by atoms with Crippen LogP contribution in [-0.4, -0.2) is 45.8 Å². The van der Waals surface area contributed by atoms with Gasteiger partial charge in [0.1, 0.15) is 0 Å². The second-order valence-electron chi connectivity index (χ2n) is 5.93. The van der Waals surface area contributed by atoms with Crippen LogP contribution in [-0.2, 0) is 6.54 Å². The summed E-state index contributed by atoms with van der Waals surface area (Å²) in [4.78, 5) is 0. The van der Waals surface area contributed by atoms with Crippen LogP contribution in [0.1, 0.15) is 38.2 Å². The Hall–Kier alpha value is -0.940. The molecule has 1 rings (SSSR count). The fourth-order valence-corrected chi connectivity index (χ4v) is 2.43. The van der Waals surface area contributed by atoms with E-state index < -0.39 is 0 Å². The van der Waals surface area contributed by atoms with Crippen molar-refractivity contribution >= 4 is 0 Å². The van der Waals surface area contributed by atoms with Gasteiger partial charge in [0, 0.05) is 6.54 Å². The van der Waals surface area contributed by atoms with Gasteiger partial charge in [-0.2, -0.15) is 0 Å². The first-order chi connectivity index (χ1) is 11.4. The van der Waals surface area contributed by atoms with Gasteiger partial charge in [-0.05, 0) is 77.1 Å². The highest BCUT2D eigenvalue weighted by molar-refractivity contribution is 5.14. The van der Waals surface area contributed by atoms with E-state index in [1.165, 1.54) is 31.2 Å². The molecule has 0 radical (unpaired) electrons. The fraction of sp³-hybridized carbons (Fsp3) is 0.684. The maximum Gasteiger partial charge on any atom is 0.0205 e. The van der Waals surface area contributed by atoms with Gasteiger partial charge < -0.3 is 21.3 Å². The number of unbranched alkanes of at least 4 members (excludes halogenated alkanes) is 1. The third-order valence-electron chi connectivity index (χ3n) is 3.79. The Morgan fingerprint density at radius 3 is 1.74 bits per heavy atom. The zero-order chi connectivity index (χ0) is 16.4. The van der Waals surface area contributed by atoms with Crippen molar-refractivity contribution in [1.29, 1.82) is 0 Å². The van der Waals surface area contributed by atoms with Crippen LogP contribution in [0.5, 0.6) is 0 Å². The lowest BCUT2D eigenvalue weighted by Gasteiger charge is -2.07. The second-order valence-corrected chi connectivity index (χ2v) is 5.93. The Bertz CT molecular complexity index is 342. The molecule has 0 heterocycles. The van der Waals surface area contributed by atoms with Crippen molar-refractivity contribution in [3.05, 3.63) is 35.9 Å². The summed E-state index contributed by atoms with van der Waals surface area (Å²) in [7, 11) is 0. The summed E-state index contributed by atoms with van der Waals surface area (Å²) in [5.74, 6) is 0. The van der Waals surface area contributed by atoms with Crippen LogP contribution >= 0.6 is 0 Å². The summed E-state index contributed by atoms with van der Waals surface area (Å²) in [6, 6.07) is 10.6. The van der Waals surface area contributed by atoms with Gasteiger partial charge in [0.05, 0.1) is 0 Å². The van der Waals surface area contributed by atoms with Crippen molar-refractivity contribution in [2.45, 2.75) is 39.2 Å². The summed E-state index contributed by atoms with van der Waals surface area (Å²) >= 11 is 0. The van der Waals surface area contributed by atoms with Crippen LogP contribution in [0.15, 0.2) is 30.3 Å². The van der Waals surface area contributed by atoms with Crippen LogP contribution in [0.25, 0.3) is 0 Å². The van der Waals surface area contributed by atoms with Crippen molar-refractivity contribution < 1.29 is 0 Å². The maximum absolute atomic E-state index is 3.53. The van der Waals surface area contributed by atoms with Gasteiger partial charge in [-0.25, -0.2) is 0 Å². The number of hydrogen-bond donors (Lipinski definition) is 4. The minimum Gasteiger partial charge on any atom is -0.317 e. The number of nitrogens with one attached hydrogen (secondary N) is 4. The van der Waals surface area contributed by atoms with Crippen molar-refractivity contribution in [2.75, 3.05) is 45.8 Å². The van der Waals surface area contributed by atoms with Gasteiger partial charge in [0.25, 0.3) is 0 Å². The molecule has 132 valence electrons. The number of hydrogen-bond acceptors (Lipinski definition) is 4. The molecule has 1 aromatic rings. The van der Waals surface area contributed by atoms with Gasteiger partial charge >= 0.3 is 0 Å². The van der Waals surface area contributed by atoms with Gasteiger partial charge in [0.15, 0.2) is 0 Å². The molecule has 0 atom stereocenters. The van der Waals surface area contributed by atoms with E-state index in [4.69, 9.17) is 0 Å². The third kappa shape index (κ3) is 13.2. The van der Waals surface area contributed by atoms with Crippen LogP contribution in [0.2, 0.25) is 0 Å². The van der Waals surface area contributed by atoms with Crippen molar-refractivity contribution in [3.63, 3.8) is 0 Å². The molecule has 4 N–H and O–H groups in total. The first-order valence-corrected chi connectivity index (χ1v) is 9.30. The van der Waals surface area contributed by atoms with E-state index in [2.05, 4.69) is 58.5 Å². The summed E-state index contributed by atoms with van der Waals surface area (Å²) in [6.45, 7) is 10.9. The molecule has 4 heteroatoms. The summed E-state index contributed by atoms with van der Waals surface area (Å²) < 4.78 is 0. The highest BCUT2D eigenvalue weighted by atomic mass is 14.9. The molecule has 0 saturated heterocycles. The van der Waals surface area contributed by atoms with E-state index in [9.17, 15) is 0 Å². The molecule has 0 aliphatic heterocycles. The lowest BCUT2D eigenvalue weighted by Crippen LogP contribution is -2.24. The number of benzene rings is 1. The zero-order valence-electron chi connectivity index (χ0n) is 14.9. The van der Waals surface area contributed by atoms with Crippen molar-refractivity contribution in [3.8, 4) is 0 Å². The second kappa shape index (κ2) is 15.9. The fourth-order valence-electron chi connectivity index (χ4n) is 2.43. The highest BCUT2D eigenvalue weighted by Crippen LogP contribution is 1.96. The molecular formula is C19H36N4. The highest BCUT2D eigenvalue weighted by Gasteiger charge is 1.93. The Morgan fingerprint density at radius 2 is 1.13 bits per heavy atom. The Morgan fingerprint density at radius 1 is 0.609 bits per heavy atom. The van der Waals surface area contributed by atoms with E-state index >= 15 is 0 Å². The first-order valence-electron chi connectivity index (χ1n) is 9.30. The SMILES string of the molecule is CCNCCCNCCCCNCCCNCc1ccccc1. The molecule has 4 nitrogen and oxygen atoms in total. The van der Waals surface area contributed by atoms with Crippen molar-refractivity contribution in [1.82, 2.24) is 21.3 Å². The monoisotopic (exact) mass is 320 g/mol. The minimum atomic E-state index is 0.973. The molecule has 0 bridgehead atoms. The molecule has 1 aromatic carbocycles. The average molecular weight is 321 g/mol. The molecule has 0 saturated carbocycles. The molecular weight excluding hydrogens is 284 g/mol. The zero-order valence-corrected chi connectivity index (χ0v) is 14.9. The largest absolute Gasteiger partial charge is 0.317 e. The minimum absolute atomic E-state index is 0.973. The number of rotatable bonds is 16. The van der Waals surface area contributed by atoms with Crippen LogP contribution < -0.4 is 21.3 Å². The Balaban J connectivity index is 1.72. The van der Waals surface area contributed by atoms with E-state index in [1.807, 2.05) is 0 Å². The third-order valence-corrected chi connectivity index (χ3v) is 3.79. The molecule has 0 unspecified atom stereocenters. The first kappa shape index (κ1) is 20.1. The summed E-state index contributed by atoms with van der Waals surface area (Å²) in [5.41, 5.74) is 1.36. The van der Waals surface area contributed by atoms with E-state index in [-0.39, 0.29) is 0 Å². The molecule has 0 aliphatic rings. The lowest BCUT2D eigenvalue weighted by atomic mass is 10.2. The van der Waals surface area contributed by atoms with Gasteiger partial charge in [-0.1, -0.05) is 37.3 Å². The quantitative estimate of drug-likeness (QED) is 0.352. The average Bonchev–Trinajstić information content (AvgIpc) is 2.59. The van der Waals surface area contributed by atoms with E-state index in [0.717, 1.165) is 52.4 Å². The van der Waals surface area contributed by atoms with Gasteiger partial charge in [0.2, 0.25) is 0 Å². The lowest BCUT2D eigenvalue weighted by molar-refractivity contribution is 0.549. The smallest absolute Gasteiger partial charge is 0.0205 e.